The average Bonchev–Trinajstić information content (AvgIpc) is 1.94. The molecule has 12 heavy (non-hydrogen) atoms. The number of aromatic hydroxyl groups is 1. The Bertz CT molecular complexity index is 303. The molecule has 0 aliphatic carbocycles. The summed E-state index contributed by atoms with van der Waals surface area (Å²) in [6.07, 6.45) is 1.21. The molecule has 0 bridgehead atoms. The molecule has 0 radical (unpaired) electrons. The van der Waals surface area contributed by atoms with Gasteiger partial charge in [0.25, 0.3) is 0 Å². The molecule has 66 valence electrons. The molecule has 0 aliphatic heterocycles. The van der Waals surface area contributed by atoms with Crippen LogP contribution in [-0.4, -0.2) is 21.2 Å². The zero-order valence-corrected chi connectivity index (χ0v) is 7.26. The Hall–Kier alpha value is -1.00. The van der Waals surface area contributed by atoms with E-state index in [1.165, 1.54) is 12.3 Å². The normalized spacial score (nSPS) is 8.75. The molecule has 1 aromatic heterocycles. The second-order valence-corrected chi connectivity index (χ2v) is 2.20. The molecule has 0 amide bonds. The van der Waals surface area contributed by atoms with Gasteiger partial charge in [0.2, 0.25) is 0 Å². The fraction of sp³-hybridized carbons (Fsp3) is 0. The smallest absolute Gasteiger partial charge is 0.358 e. The zero-order valence-electron chi connectivity index (χ0n) is 5.69. The number of aromatic nitrogens is 1. The van der Waals surface area contributed by atoms with Crippen molar-refractivity contribution in [3.8, 4) is 5.75 Å². The Morgan fingerprint density at radius 2 is 2.17 bits per heavy atom. The van der Waals surface area contributed by atoms with E-state index in [1.807, 2.05) is 0 Å². The molecular formula is C6H5Cl2NO3. The van der Waals surface area contributed by atoms with Gasteiger partial charge in [-0.1, -0.05) is 11.6 Å². The SMILES string of the molecule is Cl.O=C(O)c1nccc(Cl)c1O. The van der Waals surface area contributed by atoms with Crippen LogP contribution in [0.2, 0.25) is 5.02 Å². The molecule has 0 saturated carbocycles. The van der Waals surface area contributed by atoms with Gasteiger partial charge >= 0.3 is 5.97 Å². The molecule has 0 saturated heterocycles. The summed E-state index contributed by atoms with van der Waals surface area (Å²) in [5.74, 6) is -1.80. The standard InChI is InChI=1S/C6H4ClNO3.ClH/c7-3-1-2-8-4(5(3)9)6(10)11;/h1-2,9H,(H,10,11);1H. The number of aromatic carboxylic acids is 1. The zero-order chi connectivity index (χ0) is 8.43. The number of pyridine rings is 1. The predicted octanol–water partition coefficient (Wildman–Crippen LogP) is 1.56. The molecule has 4 nitrogen and oxygen atoms in total. The first-order valence-corrected chi connectivity index (χ1v) is 3.07. The van der Waals surface area contributed by atoms with Crippen molar-refractivity contribution >= 4 is 30.0 Å². The van der Waals surface area contributed by atoms with E-state index in [9.17, 15) is 4.79 Å². The minimum Gasteiger partial charge on any atom is -0.504 e. The van der Waals surface area contributed by atoms with Gasteiger partial charge in [-0.2, -0.15) is 0 Å². The van der Waals surface area contributed by atoms with E-state index < -0.39 is 17.4 Å². The minimum atomic E-state index is -1.30. The third-order valence-electron chi connectivity index (χ3n) is 1.08. The molecular weight excluding hydrogens is 205 g/mol. The monoisotopic (exact) mass is 209 g/mol. The lowest BCUT2D eigenvalue weighted by molar-refractivity contribution is 0.0687. The Balaban J connectivity index is 0.00000121. The maximum atomic E-state index is 10.3. The van der Waals surface area contributed by atoms with Gasteiger partial charge in [0.1, 0.15) is 0 Å². The van der Waals surface area contributed by atoms with Crippen LogP contribution in [0.15, 0.2) is 12.3 Å². The summed E-state index contributed by atoms with van der Waals surface area (Å²) in [5.41, 5.74) is -0.433. The third-order valence-corrected chi connectivity index (χ3v) is 1.38. The fourth-order valence-electron chi connectivity index (χ4n) is 0.587. The molecule has 1 rings (SSSR count). The highest BCUT2D eigenvalue weighted by Crippen LogP contribution is 2.24. The quantitative estimate of drug-likeness (QED) is 0.737. The number of halogens is 2. The summed E-state index contributed by atoms with van der Waals surface area (Å²) in [5, 5.41) is 17.4. The summed E-state index contributed by atoms with van der Waals surface area (Å²) in [6.45, 7) is 0. The number of rotatable bonds is 1. The van der Waals surface area contributed by atoms with E-state index >= 15 is 0 Å². The highest BCUT2D eigenvalue weighted by atomic mass is 35.5. The van der Waals surface area contributed by atoms with Gasteiger partial charge in [0.05, 0.1) is 5.02 Å². The number of carboxylic acids is 1. The van der Waals surface area contributed by atoms with Crippen molar-refractivity contribution in [1.29, 1.82) is 0 Å². The highest BCUT2D eigenvalue weighted by molar-refractivity contribution is 6.32. The summed E-state index contributed by atoms with van der Waals surface area (Å²) >= 11 is 5.40. The van der Waals surface area contributed by atoms with Crippen LogP contribution in [0.5, 0.6) is 5.75 Å². The summed E-state index contributed by atoms with van der Waals surface area (Å²) in [6, 6.07) is 1.31. The second kappa shape index (κ2) is 4.13. The van der Waals surface area contributed by atoms with Crippen molar-refractivity contribution in [2.45, 2.75) is 0 Å². The number of hydrogen-bond donors (Lipinski definition) is 2. The minimum absolute atomic E-state index is 0. The summed E-state index contributed by atoms with van der Waals surface area (Å²) < 4.78 is 0. The van der Waals surface area contributed by atoms with Crippen LogP contribution in [0.4, 0.5) is 0 Å². The van der Waals surface area contributed by atoms with Crippen molar-refractivity contribution in [2.24, 2.45) is 0 Å². The first kappa shape index (κ1) is 11.0. The maximum absolute atomic E-state index is 10.3. The van der Waals surface area contributed by atoms with Crippen molar-refractivity contribution < 1.29 is 15.0 Å². The molecule has 0 aromatic carbocycles. The van der Waals surface area contributed by atoms with Crippen LogP contribution in [-0.2, 0) is 0 Å². The van der Waals surface area contributed by atoms with Crippen molar-refractivity contribution in [1.82, 2.24) is 4.98 Å². The molecule has 1 aromatic rings. The van der Waals surface area contributed by atoms with E-state index in [0.29, 0.717) is 0 Å². The fourth-order valence-corrected chi connectivity index (χ4v) is 0.733. The van der Waals surface area contributed by atoms with Gasteiger partial charge in [-0.15, -0.1) is 12.4 Å². The Morgan fingerprint density at radius 1 is 1.58 bits per heavy atom. The lowest BCUT2D eigenvalue weighted by Crippen LogP contribution is -1.99. The van der Waals surface area contributed by atoms with Gasteiger partial charge in [0.15, 0.2) is 11.4 Å². The van der Waals surface area contributed by atoms with Crippen molar-refractivity contribution in [2.75, 3.05) is 0 Å². The lowest BCUT2D eigenvalue weighted by atomic mass is 10.3. The topological polar surface area (TPSA) is 70.4 Å². The Labute approximate surface area is 79.2 Å². The molecule has 0 atom stereocenters. The molecule has 0 aliphatic rings. The third kappa shape index (κ3) is 1.99. The lowest BCUT2D eigenvalue weighted by Gasteiger charge is -1.97. The van der Waals surface area contributed by atoms with Gasteiger partial charge in [-0.3, -0.25) is 0 Å². The van der Waals surface area contributed by atoms with Crippen molar-refractivity contribution in [3.05, 3.63) is 23.0 Å². The molecule has 0 unspecified atom stereocenters. The molecule has 2 N–H and O–H groups in total. The molecule has 0 spiro atoms. The highest BCUT2D eigenvalue weighted by Gasteiger charge is 2.12. The van der Waals surface area contributed by atoms with Crippen LogP contribution >= 0.6 is 24.0 Å². The first-order valence-electron chi connectivity index (χ1n) is 2.69. The van der Waals surface area contributed by atoms with Crippen LogP contribution in [0, 0.1) is 0 Å². The number of hydrogen-bond acceptors (Lipinski definition) is 3. The van der Waals surface area contributed by atoms with Gasteiger partial charge in [0, 0.05) is 6.20 Å². The van der Waals surface area contributed by atoms with E-state index in [-0.39, 0.29) is 17.4 Å². The molecule has 1 heterocycles. The predicted molar refractivity (Wildman–Crippen MR) is 45.1 cm³/mol. The van der Waals surface area contributed by atoms with E-state index in [0.717, 1.165) is 0 Å². The summed E-state index contributed by atoms with van der Waals surface area (Å²) in [7, 11) is 0. The maximum Gasteiger partial charge on any atom is 0.358 e. The van der Waals surface area contributed by atoms with Crippen molar-refractivity contribution in [3.63, 3.8) is 0 Å². The van der Waals surface area contributed by atoms with E-state index in [4.69, 9.17) is 21.8 Å². The van der Waals surface area contributed by atoms with Gasteiger partial charge in [-0.05, 0) is 6.07 Å². The summed E-state index contributed by atoms with van der Waals surface area (Å²) in [4.78, 5) is 13.7. The molecule has 6 heteroatoms. The first-order chi connectivity index (χ1) is 5.13. The van der Waals surface area contributed by atoms with E-state index in [1.54, 1.807) is 0 Å². The van der Waals surface area contributed by atoms with Crippen LogP contribution in [0.25, 0.3) is 0 Å². The Morgan fingerprint density at radius 3 is 2.58 bits per heavy atom. The van der Waals surface area contributed by atoms with Crippen LogP contribution < -0.4 is 0 Å². The number of carboxylic acid groups (broad SMARTS) is 1. The molecule has 0 fully saturated rings. The second-order valence-electron chi connectivity index (χ2n) is 1.80. The Kier molecular flexibility index (Phi) is 3.79. The number of nitrogens with zero attached hydrogens (tertiary/aromatic N) is 1. The van der Waals surface area contributed by atoms with E-state index in [2.05, 4.69) is 4.98 Å². The van der Waals surface area contributed by atoms with Crippen LogP contribution in [0.1, 0.15) is 10.5 Å². The van der Waals surface area contributed by atoms with Gasteiger partial charge in [-0.25, -0.2) is 9.78 Å². The average molecular weight is 210 g/mol. The number of carbonyl (C=O) groups is 1. The largest absolute Gasteiger partial charge is 0.504 e. The van der Waals surface area contributed by atoms with Gasteiger partial charge < -0.3 is 10.2 Å². The van der Waals surface area contributed by atoms with Crippen LogP contribution in [0.3, 0.4) is 0 Å².